The summed E-state index contributed by atoms with van der Waals surface area (Å²) in [6.07, 6.45) is 2.65. The number of halogens is 2. The number of thioether (sulfide) groups is 1. The highest BCUT2D eigenvalue weighted by atomic mass is 35.5. The van der Waals surface area contributed by atoms with Gasteiger partial charge in [-0.1, -0.05) is 53.2 Å². The molecule has 246 valence electrons. The maximum absolute atomic E-state index is 13.1. The fourth-order valence-electron chi connectivity index (χ4n) is 5.54. The lowest BCUT2D eigenvalue weighted by Gasteiger charge is -2.32. The summed E-state index contributed by atoms with van der Waals surface area (Å²) in [6.45, 7) is 8.53. The molecular formula is C33H39Cl2N5O4S2. The largest absolute Gasteiger partial charge is 0.444 e. The van der Waals surface area contributed by atoms with Crippen LogP contribution in [0.2, 0.25) is 10.0 Å². The highest BCUT2D eigenvalue weighted by Crippen LogP contribution is 2.30. The average Bonchev–Trinajstić information content (AvgIpc) is 3.69. The minimum atomic E-state index is -0.628. The molecule has 3 amide bonds. The van der Waals surface area contributed by atoms with Crippen molar-refractivity contribution in [2.75, 3.05) is 30.7 Å². The van der Waals surface area contributed by atoms with E-state index in [9.17, 15) is 14.4 Å². The Morgan fingerprint density at radius 2 is 1.83 bits per heavy atom. The van der Waals surface area contributed by atoms with Crippen LogP contribution in [0, 0.1) is 0 Å². The lowest BCUT2D eigenvalue weighted by atomic mass is 10.0. The van der Waals surface area contributed by atoms with E-state index in [0.717, 1.165) is 60.1 Å². The first-order valence-electron chi connectivity index (χ1n) is 15.4. The van der Waals surface area contributed by atoms with Crippen molar-refractivity contribution in [3.8, 4) is 11.3 Å². The summed E-state index contributed by atoms with van der Waals surface area (Å²) in [4.78, 5) is 47.1. The number of carbonyl (C=O) groups excluding carboxylic acids is 3. The first-order chi connectivity index (χ1) is 21.9. The van der Waals surface area contributed by atoms with Gasteiger partial charge in [-0.25, -0.2) is 9.78 Å². The Kier molecular flexibility index (Phi) is 11.5. The van der Waals surface area contributed by atoms with Gasteiger partial charge in [0, 0.05) is 48.9 Å². The monoisotopic (exact) mass is 703 g/mol. The lowest BCUT2D eigenvalue weighted by Crippen LogP contribution is -2.45. The molecule has 0 saturated carbocycles. The average molecular weight is 705 g/mol. The summed E-state index contributed by atoms with van der Waals surface area (Å²) < 4.78 is 6.30. The summed E-state index contributed by atoms with van der Waals surface area (Å²) in [5.41, 5.74) is 2.76. The number of anilines is 1. The third kappa shape index (κ3) is 9.60. The van der Waals surface area contributed by atoms with Crippen LogP contribution in [0.25, 0.3) is 11.3 Å². The SMILES string of the molecule is CC(C)(C)OC(=O)N1CCC[C@H]1C(=O)Nc1cccc(-c2csc(SCC(=O)NC3CCN(Cc4ccc(Cl)c(Cl)c4)CC3)n2)c1. The number of thiazole rings is 1. The van der Waals surface area contributed by atoms with E-state index in [1.807, 2.05) is 68.6 Å². The first-order valence-corrected chi connectivity index (χ1v) is 18.0. The van der Waals surface area contributed by atoms with Crippen LogP contribution in [0.15, 0.2) is 52.2 Å². The van der Waals surface area contributed by atoms with Crippen LogP contribution in [0.1, 0.15) is 52.0 Å². The van der Waals surface area contributed by atoms with Gasteiger partial charge in [0.05, 0.1) is 21.5 Å². The molecule has 2 aliphatic heterocycles. The van der Waals surface area contributed by atoms with Crippen molar-refractivity contribution in [2.24, 2.45) is 0 Å². The molecule has 1 aromatic heterocycles. The molecule has 9 nitrogen and oxygen atoms in total. The van der Waals surface area contributed by atoms with Crippen molar-refractivity contribution in [3.63, 3.8) is 0 Å². The van der Waals surface area contributed by atoms with E-state index >= 15 is 0 Å². The fourth-order valence-corrected chi connectivity index (χ4v) is 7.51. The quantitative estimate of drug-likeness (QED) is 0.225. The molecule has 3 heterocycles. The van der Waals surface area contributed by atoms with Crippen LogP contribution >= 0.6 is 46.3 Å². The number of carbonyl (C=O) groups is 3. The third-order valence-electron chi connectivity index (χ3n) is 7.76. The second-order valence-corrected chi connectivity index (χ2v) is 15.5. The zero-order chi connectivity index (χ0) is 32.8. The van der Waals surface area contributed by atoms with Crippen molar-refractivity contribution in [1.82, 2.24) is 20.1 Å². The number of hydrogen-bond acceptors (Lipinski definition) is 8. The molecule has 13 heteroatoms. The molecule has 2 fully saturated rings. The minimum Gasteiger partial charge on any atom is -0.444 e. The molecule has 0 aliphatic carbocycles. The molecule has 2 aromatic carbocycles. The number of nitrogens with one attached hydrogen (secondary N) is 2. The van der Waals surface area contributed by atoms with E-state index in [1.54, 1.807) is 0 Å². The van der Waals surface area contributed by atoms with Crippen molar-refractivity contribution in [1.29, 1.82) is 0 Å². The van der Waals surface area contributed by atoms with Gasteiger partial charge in [-0.3, -0.25) is 19.4 Å². The summed E-state index contributed by atoms with van der Waals surface area (Å²) in [5, 5.41) is 9.22. The van der Waals surface area contributed by atoms with Crippen LogP contribution < -0.4 is 10.6 Å². The number of amides is 3. The van der Waals surface area contributed by atoms with Crippen LogP contribution in [0.5, 0.6) is 0 Å². The Morgan fingerprint density at radius 3 is 2.57 bits per heavy atom. The predicted octanol–water partition coefficient (Wildman–Crippen LogP) is 7.33. The van der Waals surface area contributed by atoms with Crippen molar-refractivity contribution >= 4 is 69.9 Å². The van der Waals surface area contributed by atoms with Crippen molar-refractivity contribution < 1.29 is 19.1 Å². The van der Waals surface area contributed by atoms with E-state index in [4.69, 9.17) is 32.9 Å². The van der Waals surface area contributed by atoms with Crippen molar-refractivity contribution in [2.45, 2.75) is 75.0 Å². The highest BCUT2D eigenvalue weighted by Gasteiger charge is 2.36. The first kappa shape index (κ1) is 34.5. The third-order valence-corrected chi connectivity index (χ3v) is 10.5. The molecule has 0 radical (unpaired) electrons. The van der Waals surface area contributed by atoms with Crippen LogP contribution in [0.4, 0.5) is 10.5 Å². The number of aromatic nitrogens is 1. The zero-order valence-electron chi connectivity index (χ0n) is 26.2. The molecule has 5 rings (SSSR count). The topological polar surface area (TPSA) is 104 Å². The summed E-state index contributed by atoms with van der Waals surface area (Å²) >= 11 is 15.1. The van der Waals surface area contributed by atoms with Gasteiger partial charge >= 0.3 is 6.09 Å². The zero-order valence-corrected chi connectivity index (χ0v) is 29.3. The molecule has 2 N–H and O–H groups in total. The molecule has 46 heavy (non-hydrogen) atoms. The predicted molar refractivity (Wildman–Crippen MR) is 186 cm³/mol. The fraction of sp³-hybridized carbons (Fsp3) is 0.455. The Bertz CT molecular complexity index is 1550. The van der Waals surface area contributed by atoms with Crippen LogP contribution in [0.3, 0.4) is 0 Å². The van der Waals surface area contributed by atoms with Gasteiger partial charge in [0.2, 0.25) is 11.8 Å². The van der Waals surface area contributed by atoms with Crippen LogP contribution in [-0.2, 0) is 20.9 Å². The van der Waals surface area contributed by atoms with Gasteiger partial charge in [-0.05, 0) is 76.3 Å². The maximum atomic E-state index is 13.1. The van der Waals surface area contributed by atoms with Gasteiger partial charge in [0.1, 0.15) is 11.6 Å². The Hall–Kier alpha value is -2.83. The van der Waals surface area contributed by atoms with E-state index in [-0.39, 0.29) is 17.9 Å². The van der Waals surface area contributed by atoms with E-state index in [2.05, 4.69) is 15.5 Å². The molecule has 0 bridgehead atoms. The van der Waals surface area contributed by atoms with Gasteiger partial charge in [-0.2, -0.15) is 0 Å². The van der Waals surface area contributed by atoms with E-state index in [0.29, 0.717) is 34.5 Å². The normalized spacial score (nSPS) is 17.6. The summed E-state index contributed by atoms with van der Waals surface area (Å²) in [5.74, 6) is 0.0575. The second kappa shape index (κ2) is 15.4. The summed E-state index contributed by atoms with van der Waals surface area (Å²) in [6, 6.07) is 12.8. The van der Waals surface area contributed by atoms with E-state index < -0.39 is 17.7 Å². The molecule has 2 aliphatic rings. The Labute approximate surface area is 288 Å². The Morgan fingerprint density at radius 1 is 1.04 bits per heavy atom. The smallest absolute Gasteiger partial charge is 0.410 e. The number of likely N-dealkylation sites (tertiary alicyclic amines) is 2. The van der Waals surface area contributed by atoms with Gasteiger partial charge in [0.15, 0.2) is 4.34 Å². The maximum Gasteiger partial charge on any atom is 0.410 e. The molecular weight excluding hydrogens is 665 g/mol. The number of hydrogen-bond donors (Lipinski definition) is 2. The number of ether oxygens (including phenoxy) is 1. The molecule has 0 unspecified atom stereocenters. The Balaban J connectivity index is 1.07. The highest BCUT2D eigenvalue weighted by molar-refractivity contribution is 8.01. The van der Waals surface area contributed by atoms with Gasteiger partial charge in [0.25, 0.3) is 0 Å². The number of piperidine rings is 1. The van der Waals surface area contributed by atoms with Crippen LogP contribution in [-0.4, -0.2) is 75.8 Å². The molecule has 0 spiro atoms. The van der Waals surface area contributed by atoms with Gasteiger partial charge in [-0.15, -0.1) is 11.3 Å². The lowest BCUT2D eigenvalue weighted by molar-refractivity contribution is -0.120. The second-order valence-electron chi connectivity index (χ2n) is 12.6. The van der Waals surface area contributed by atoms with E-state index in [1.165, 1.54) is 28.0 Å². The molecule has 3 aromatic rings. The number of nitrogens with zero attached hydrogens (tertiary/aromatic N) is 3. The minimum absolute atomic E-state index is 0.00160. The van der Waals surface area contributed by atoms with Crippen molar-refractivity contribution in [3.05, 3.63) is 63.5 Å². The standard InChI is InChI=1S/C33H39Cl2N5O4S2/c1-33(2,3)44-32(43)40-13-5-8-28(40)30(42)37-24-7-4-6-22(17-24)27-19-45-31(38-27)46-20-29(41)36-23-11-14-39(15-12-23)18-21-9-10-25(34)26(35)16-21/h4,6-7,9-10,16-17,19,23,28H,5,8,11-15,18,20H2,1-3H3,(H,36,41)(H,37,42)/t28-/m0/s1. The summed E-state index contributed by atoms with van der Waals surface area (Å²) in [7, 11) is 0. The number of rotatable bonds is 9. The molecule has 1 atom stereocenters. The molecule has 2 saturated heterocycles. The van der Waals surface area contributed by atoms with Gasteiger partial charge < -0.3 is 15.4 Å². The number of benzene rings is 2.